The van der Waals surface area contributed by atoms with E-state index in [9.17, 15) is 18.3 Å². The third-order valence-electron chi connectivity index (χ3n) is 6.97. The van der Waals surface area contributed by atoms with Crippen LogP contribution in [0.1, 0.15) is 29.8 Å². The maximum atomic E-state index is 13.7. The molecule has 1 aliphatic heterocycles. The van der Waals surface area contributed by atoms with E-state index >= 15 is 0 Å². The zero-order valence-electron chi connectivity index (χ0n) is 22.9. The predicted molar refractivity (Wildman–Crippen MR) is 163 cm³/mol. The smallest absolute Gasteiger partial charge is 0.261 e. The number of fused-ring (bicyclic) bond motifs is 1. The number of nitrogens with zero attached hydrogens (tertiary/aromatic N) is 2. The highest BCUT2D eigenvalue weighted by atomic mass is 35.5. The Bertz CT molecular complexity index is 1500. The second kappa shape index (κ2) is 13.2. The standard InChI is InChI=1S/C29H32Cl3N3O5S/c1-18-14-35(19(2)17-36)29(37)24-13-22(33-41(38,39)23-8-5-21(30)6-9-23)7-11-27(24)40-28(18)16-34(3)15-20-4-10-25(31)26(32)12-20/h4-13,18-19,28,33,36H,14-17H2,1-3H3/t18-,19-,28-/m0/s1. The molecule has 0 spiro atoms. The Morgan fingerprint density at radius 1 is 1.07 bits per heavy atom. The van der Waals surface area contributed by atoms with E-state index in [1.54, 1.807) is 30.0 Å². The maximum Gasteiger partial charge on any atom is 0.261 e. The summed E-state index contributed by atoms with van der Waals surface area (Å²) in [5, 5.41) is 11.3. The van der Waals surface area contributed by atoms with Crippen molar-refractivity contribution in [3.63, 3.8) is 0 Å². The molecule has 41 heavy (non-hydrogen) atoms. The average molecular weight is 641 g/mol. The fraction of sp³-hybridized carbons (Fsp3) is 0.345. The highest BCUT2D eigenvalue weighted by Crippen LogP contribution is 2.32. The minimum absolute atomic E-state index is 0.0330. The topological polar surface area (TPSA) is 99.2 Å². The Balaban J connectivity index is 1.62. The van der Waals surface area contributed by atoms with Gasteiger partial charge in [-0.25, -0.2) is 8.42 Å². The van der Waals surface area contributed by atoms with E-state index in [0.717, 1.165) is 5.56 Å². The highest BCUT2D eigenvalue weighted by molar-refractivity contribution is 7.92. The first-order valence-electron chi connectivity index (χ1n) is 13.0. The van der Waals surface area contributed by atoms with E-state index in [4.69, 9.17) is 39.5 Å². The lowest BCUT2D eigenvalue weighted by atomic mass is 9.99. The minimum Gasteiger partial charge on any atom is -0.488 e. The summed E-state index contributed by atoms with van der Waals surface area (Å²) in [6.45, 7) is 5.01. The number of hydrogen-bond acceptors (Lipinski definition) is 6. The van der Waals surface area contributed by atoms with Gasteiger partial charge in [0.15, 0.2) is 0 Å². The molecule has 4 rings (SSSR count). The van der Waals surface area contributed by atoms with Crippen molar-refractivity contribution in [2.45, 2.75) is 37.4 Å². The van der Waals surface area contributed by atoms with E-state index in [2.05, 4.69) is 9.62 Å². The number of sulfonamides is 1. The fourth-order valence-electron chi connectivity index (χ4n) is 4.65. The first-order valence-corrected chi connectivity index (χ1v) is 15.6. The third-order valence-corrected chi connectivity index (χ3v) is 9.36. The van der Waals surface area contributed by atoms with Gasteiger partial charge in [0.25, 0.3) is 15.9 Å². The molecule has 3 aromatic rings. The number of aliphatic hydroxyl groups is 1. The van der Waals surface area contributed by atoms with Gasteiger partial charge in [0.1, 0.15) is 11.9 Å². The Morgan fingerprint density at radius 2 is 1.78 bits per heavy atom. The van der Waals surface area contributed by atoms with E-state index in [1.165, 1.54) is 30.3 Å². The zero-order chi connectivity index (χ0) is 29.9. The Labute approximate surface area is 255 Å². The third kappa shape index (κ3) is 7.66. The summed E-state index contributed by atoms with van der Waals surface area (Å²) in [5.74, 6) is -0.108. The second-order valence-electron chi connectivity index (χ2n) is 10.3. The van der Waals surface area contributed by atoms with Gasteiger partial charge in [0.05, 0.1) is 33.2 Å². The molecule has 0 aromatic heterocycles. The van der Waals surface area contributed by atoms with Crippen LogP contribution in [-0.4, -0.2) is 68.1 Å². The molecule has 1 heterocycles. The van der Waals surface area contributed by atoms with Crippen LogP contribution < -0.4 is 9.46 Å². The van der Waals surface area contributed by atoms with Crippen LogP contribution in [0.4, 0.5) is 5.69 Å². The van der Waals surface area contributed by atoms with Crippen LogP contribution in [0, 0.1) is 5.92 Å². The summed E-state index contributed by atoms with van der Waals surface area (Å²) < 4.78 is 34.9. The van der Waals surface area contributed by atoms with Crippen LogP contribution in [0.15, 0.2) is 65.6 Å². The SMILES string of the molecule is C[C@H]1CN([C@@H](C)CO)C(=O)c2cc(NS(=O)(=O)c3ccc(Cl)cc3)ccc2O[C@H]1CN(C)Cc1ccc(Cl)c(Cl)c1. The van der Waals surface area contributed by atoms with E-state index in [-0.39, 0.29) is 40.7 Å². The number of anilines is 1. The van der Waals surface area contributed by atoms with Crippen LogP contribution in [-0.2, 0) is 16.6 Å². The molecule has 0 bridgehead atoms. The van der Waals surface area contributed by atoms with Crippen molar-refractivity contribution >= 4 is 56.4 Å². The maximum absolute atomic E-state index is 13.7. The highest BCUT2D eigenvalue weighted by Gasteiger charge is 2.33. The van der Waals surface area contributed by atoms with Gasteiger partial charge in [-0.2, -0.15) is 0 Å². The molecule has 12 heteroatoms. The first-order chi connectivity index (χ1) is 19.4. The molecule has 0 unspecified atom stereocenters. The van der Waals surface area contributed by atoms with Crippen LogP contribution in [0.3, 0.4) is 0 Å². The van der Waals surface area contributed by atoms with Gasteiger partial charge in [-0.05, 0) is 74.1 Å². The fourth-order valence-corrected chi connectivity index (χ4v) is 6.15. The lowest BCUT2D eigenvalue weighted by Gasteiger charge is -2.38. The number of likely N-dealkylation sites (N-methyl/N-ethyl adjacent to an activating group) is 1. The molecule has 1 amide bonds. The molecule has 0 saturated heterocycles. The van der Waals surface area contributed by atoms with Crippen molar-refractivity contribution in [2.75, 3.05) is 31.5 Å². The summed E-state index contributed by atoms with van der Waals surface area (Å²) in [7, 11) is -1.97. The quantitative estimate of drug-likeness (QED) is 0.307. The van der Waals surface area contributed by atoms with E-state index in [1.807, 2.05) is 26.1 Å². The number of ether oxygens (including phenoxy) is 1. The van der Waals surface area contributed by atoms with Gasteiger partial charge >= 0.3 is 0 Å². The molecule has 0 fully saturated rings. The van der Waals surface area contributed by atoms with Crippen molar-refractivity contribution in [1.29, 1.82) is 0 Å². The molecule has 220 valence electrons. The predicted octanol–water partition coefficient (Wildman–Crippen LogP) is 5.80. The second-order valence-corrected chi connectivity index (χ2v) is 13.3. The van der Waals surface area contributed by atoms with Crippen molar-refractivity contribution in [2.24, 2.45) is 5.92 Å². The monoisotopic (exact) mass is 639 g/mol. The summed E-state index contributed by atoms with van der Waals surface area (Å²) in [6, 6.07) is 15.4. The minimum atomic E-state index is -3.93. The molecule has 0 aliphatic carbocycles. The number of carbonyl (C=O) groups is 1. The van der Waals surface area contributed by atoms with Crippen LogP contribution in [0.25, 0.3) is 0 Å². The van der Waals surface area contributed by atoms with Crippen molar-refractivity contribution in [1.82, 2.24) is 9.80 Å². The van der Waals surface area contributed by atoms with Crippen molar-refractivity contribution in [3.05, 3.63) is 86.9 Å². The normalized spacial score (nSPS) is 18.3. The molecular weight excluding hydrogens is 609 g/mol. The number of hydrogen-bond donors (Lipinski definition) is 2. The van der Waals surface area contributed by atoms with Gasteiger partial charge in [0.2, 0.25) is 0 Å². The number of halogens is 3. The van der Waals surface area contributed by atoms with Crippen molar-refractivity contribution < 1.29 is 23.1 Å². The van der Waals surface area contributed by atoms with Crippen molar-refractivity contribution in [3.8, 4) is 5.75 Å². The molecule has 2 N–H and O–H groups in total. The first kappa shape index (κ1) is 31.4. The lowest BCUT2D eigenvalue weighted by Crippen LogP contribution is -2.49. The zero-order valence-corrected chi connectivity index (χ0v) is 25.9. The summed E-state index contributed by atoms with van der Waals surface area (Å²) in [6.07, 6.45) is -0.320. The molecule has 0 saturated carbocycles. The van der Waals surface area contributed by atoms with Gasteiger partial charge in [-0.3, -0.25) is 14.4 Å². The van der Waals surface area contributed by atoms with Gasteiger partial charge in [-0.1, -0.05) is 47.8 Å². The largest absolute Gasteiger partial charge is 0.488 e. The number of benzene rings is 3. The summed E-state index contributed by atoms with van der Waals surface area (Å²) >= 11 is 18.2. The lowest BCUT2D eigenvalue weighted by molar-refractivity contribution is 0.0341. The molecule has 8 nitrogen and oxygen atoms in total. The van der Waals surface area contributed by atoms with Gasteiger partial charge in [-0.15, -0.1) is 0 Å². The van der Waals surface area contributed by atoms with Crippen LogP contribution >= 0.6 is 34.8 Å². The summed E-state index contributed by atoms with van der Waals surface area (Å²) in [4.78, 5) is 17.4. The van der Waals surface area contributed by atoms with Crippen LogP contribution in [0.5, 0.6) is 5.75 Å². The van der Waals surface area contributed by atoms with Crippen LogP contribution in [0.2, 0.25) is 15.1 Å². The van der Waals surface area contributed by atoms with Gasteiger partial charge in [0, 0.05) is 36.3 Å². The Morgan fingerprint density at radius 3 is 2.44 bits per heavy atom. The Kier molecular flexibility index (Phi) is 10.1. The number of rotatable bonds is 9. The molecule has 3 atom stereocenters. The molecule has 1 aliphatic rings. The Hall–Kier alpha value is -2.53. The number of aliphatic hydroxyl groups excluding tert-OH is 1. The molecule has 0 radical (unpaired) electrons. The molecular formula is C29H32Cl3N3O5S. The number of amides is 1. The van der Waals surface area contributed by atoms with E-state index in [0.29, 0.717) is 40.5 Å². The number of nitrogens with one attached hydrogen (secondary N) is 1. The molecule has 3 aromatic carbocycles. The van der Waals surface area contributed by atoms with Gasteiger partial charge < -0.3 is 14.7 Å². The summed E-state index contributed by atoms with van der Waals surface area (Å²) in [5.41, 5.74) is 1.39. The number of carbonyl (C=O) groups excluding carboxylic acids is 1. The average Bonchev–Trinajstić information content (AvgIpc) is 2.92. The van der Waals surface area contributed by atoms with E-state index < -0.39 is 16.1 Å².